The van der Waals surface area contributed by atoms with E-state index in [1.165, 1.54) is 6.20 Å². The van der Waals surface area contributed by atoms with Crippen LogP contribution in [0.15, 0.2) is 48.2 Å². The third-order valence-corrected chi connectivity index (χ3v) is 4.09. The van der Waals surface area contributed by atoms with E-state index in [-0.39, 0.29) is 5.57 Å². The van der Waals surface area contributed by atoms with Gasteiger partial charge in [-0.05, 0) is 55.3 Å². The first-order valence-corrected chi connectivity index (χ1v) is 7.87. The Morgan fingerprint density at radius 3 is 2.58 bits per heavy atom. The van der Waals surface area contributed by atoms with Gasteiger partial charge in [-0.1, -0.05) is 29.3 Å². The van der Waals surface area contributed by atoms with Gasteiger partial charge in [0, 0.05) is 27.6 Å². The van der Waals surface area contributed by atoms with Gasteiger partial charge in [0.2, 0.25) is 0 Å². The topological polar surface area (TPSA) is 64.9 Å². The molecule has 0 saturated heterocycles. The minimum Gasteiger partial charge on any atom is -0.360 e. The molecule has 0 aliphatic heterocycles. The van der Waals surface area contributed by atoms with Crippen LogP contribution in [0.4, 0.5) is 11.4 Å². The van der Waals surface area contributed by atoms with Crippen molar-refractivity contribution in [2.45, 2.75) is 13.8 Å². The molecule has 0 bridgehead atoms. The van der Waals surface area contributed by atoms with E-state index in [0.717, 1.165) is 16.8 Å². The van der Waals surface area contributed by atoms with Crippen LogP contribution in [-0.2, 0) is 4.79 Å². The van der Waals surface area contributed by atoms with Crippen LogP contribution < -0.4 is 10.6 Å². The fourth-order valence-corrected chi connectivity index (χ4v) is 2.42. The van der Waals surface area contributed by atoms with Gasteiger partial charge in [-0.2, -0.15) is 5.26 Å². The second-order valence-electron chi connectivity index (χ2n) is 5.14. The first-order chi connectivity index (χ1) is 11.4. The van der Waals surface area contributed by atoms with Crippen molar-refractivity contribution in [1.29, 1.82) is 5.26 Å². The molecule has 0 heterocycles. The average Bonchev–Trinajstić information content (AvgIpc) is 2.54. The molecule has 24 heavy (non-hydrogen) atoms. The van der Waals surface area contributed by atoms with E-state index in [9.17, 15) is 10.1 Å². The Labute approximate surface area is 150 Å². The van der Waals surface area contributed by atoms with E-state index in [1.54, 1.807) is 43.3 Å². The van der Waals surface area contributed by atoms with E-state index in [2.05, 4.69) is 10.6 Å². The normalized spacial score (nSPS) is 10.9. The summed E-state index contributed by atoms with van der Waals surface area (Å²) in [6.45, 7) is 3.67. The number of halogens is 2. The third kappa shape index (κ3) is 4.29. The van der Waals surface area contributed by atoms with Gasteiger partial charge in [0.1, 0.15) is 11.6 Å². The summed E-state index contributed by atoms with van der Waals surface area (Å²) in [5.41, 5.74) is 2.92. The summed E-state index contributed by atoms with van der Waals surface area (Å²) in [5.74, 6) is -0.512. The summed E-state index contributed by atoms with van der Waals surface area (Å²) >= 11 is 11.9. The van der Waals surface area contributed by atoms with Gasteiger partial charge in [0.15, 0.2) is 0 Å². The van der Waals surface area contributed by atoms with Gasteiger partial charge in [-0.25, -0.2) is 0 Å². The Morgan fingerprint density at radius 1 is 1.17 bits per heavy atom. The summed E-state index contributed by atoms with van der Waals surface area (Å²) in [7, 11) is 0. The monoisotopic (exact) mass is 359 g/mol. The van der Waals surface area contributed by atoms with E-state index < -0.39 is 5.91 Å². The van der Waals surface area contributed by atoms with Crippen LogP contribution in [0.3, 0.4) is 0 Å². The molecule has 0 atom stereocenters. The van der Waals surface area contributed by atoms with Crippen LogP contribution in [-0.4, -0.2) is 5.91 Å². The zero-order valence-electron chi connectivity index (χ0n) is 13.2. The molecule has 2 aromatic carbocycles. The SMILES string of the molecule is Cc1cc(Cl)ccc1N/C=C(/C#N)C(=O)Nc1cccc(Cl)c1C. The number of benzene rings is 2. The van der Waals surface area contributed by atoms with Crippen LogP contribution in [0, 0.1) is 25.2 Å². The van der Waals surface area contributed by atoms with Crippen molar-refractivity contribution in [3.63, 3.8) is 0 Å². The molecular weight excluding hydrogens is 345 g/mol. The van der Waals surface area contributed by atoms with Gasteiger partial charge in [-0.3, -0.25) is 4.79 Å². The highest BCUT2D eigenvalue weighted by molar-refractivity contribution is 6.32. The van der Waals surface area contributed by atoms with E-state index >= 15 is 0 Å². The van der Waals surface area contributed by atoms with Crippen LogP contribution >= 0.6 is 23.2 Å². The van der Waals surface area contributed by atoms with Crippen molar-refractivity contribution in [3.8, 4) is 6.07 Å². The fraction of sp³-hybridized carbons (Fsp3) is 0.111. The number of rotatable bonds is 4. The number of nitrogens with one attached hydrogen (secondary N) is 2. The predicted octanol–water partition coefficient (Wildman–Crippen LogP) is 5.07. The molecule has 0 fully saturated rings. The minimum absolute atomic E-state index is 0.0521. The summed E-state index contributed by atoms with van der Waals surface area (Å²) in [6, 6.07) is 12.4. The highest BCUT2D eigenvalue weighted by atomic mass is 35.5. The summed E-state index contributed by atoms with van der Waals surface area (Å²) in [4.78, 5) is 12.3. The molecule has 2 aromatic rings. The molecule has 0 saturated carbocycles. The average molecular weight is 360 g/mol. The van der Waals surface area contributed by atoms with Gasteiger partial charge in [-0.15, -0.1) is 0 Å². The van der Waals surface area contributed by atoms with Crippen molar-refractivity contribution in [2.24, 2.45) is 0 Å². The largest absolute Gasteiger partial charge is 0.360 e. The lowest BCUT2D eigenvalue weighted by Crippen LogP contribution is -2.15. The van der Waals surface area contributed by atoms with Crippen LogP contribution in [0.5, 0.6) is 0 Å². The van der Waals surface area contributed by atoms with Crippen LogP contribution in [0.25, 0.3) is 0 Å². The number of amides is 1. The first-order valence-electron chi connectivity index (χ1n) is 7.12. The van der Waals surface area contributed by atoms with E-state index in [0.29, 0.717) is 15.7 Å². The molecule has 122 valence electrons. The standard InChI is InChI=1S/C18H15Cl2N3O/c1-11-8-14(19)6-7-16(11)22-10-13(9-21)18(24)23-17-5-3-4-15(20)12(17)2/h3-8,10,22H,1-2H3,(H,23,24)/b13-10-. The molecule has 2 N–H and O–H groups in total. The molecule has 0 radical (unpaired) electrons. The maximum atomic E-state index is 12.3. The van der Waals surface area contributed by atoms with Gasteiger partial charge < -0.3 is 10.6 Å². The Kier molecular flexibility index (Phi) is 5.86. The van der Waals surface area contributed by atoms with Crippen molar-refractivity contribution >= 4 is 40.5 Å². The molecule has 6 heteroatoms. The van der Waals surface area contributed by atoms with Crippen molar-refractivity contribution in [1.82, 2.24) is 0 Å². The minimum atomic E-state index is -0.512. The molecule has 4 nitrogen and oxygen atoms in total. The quantitative estimate of drug-likeness (QED) is 0.591. The highest BCUT2D eigenvalue weighted by Gasteiger charge is 2.12. The lowest BCUT2D eigenvalue weighted by Gasteiger charge is -2.10. The molecule has 0 spiro atoms. The van der Waals surface area contributed by atoms with Gasteiger partial charge in [0.05, 0.1) is 0 Å². The fourth-order valence-electron chi connectivity index (χ4n) is 2.02. The molecule has 0 aromatic heterocycles. The first kappa shape index (κ1) is 17.9. The summed E-state index contributed by atoms with van der Waals surface area (Å²) < 4.78 is 0. The molecule has 0 aliphatic rings. The lowest BCUT2D eigenvalue weighted by atomic mass is 10.2. The second kappa shape index (κ2) is 7.87. The number of nitriles is 1. The van der Waals surface area contributed by atoms with E-state index in [4.69, 9.17) is 23.2 Å². The number of carbonyl (C=O) groups is 1. The number of aryl methyl sites for hydroxylation is 1. The zero-order valence-corrected chi connectivity index (χ0v) is 14.7. The zero-order chi connectivity index (χ0) is 17.7. The van der Waals surface area contributed by atoms with Gasteiger partial charge >= 0.3 is 0 Å². The second-order valence-corrected chi connectivity index (χ2v) is 5.98. The molecule has 0 unspecified atom stereocenters. The van der Waals surface area contributed by atoms with Gasteiger partial charge in [0.25, 0.3) is 5.91 Å². The number of hydrogen-bond donors (Lipinski definition) is 2. The molecule has 0 aliphatic carbocycles. The molecule has 1 amide bonds. The molecular formula is C18H15Cl2N3O. The number of hydrogen-bond acceptors (Lipinski definition) is 3. The van der Waals surface area contributed by atoms with E-state index in [1.807, 2.05) is 13.0 Å². The predicted molar refractivity (Wildman–Crippen MR) is 98.3 cm³/mol. The lowest BCUT2D eigenvalue weighted by molar-refractivity contribution is -0.112. The molecule has 2 rings (SSSR count). The number of carbonyl (C=O) groups excluding carboxylic acids is 1. The highest BCUT2D eigenvalue weighted by Crippen LogP contribution is 2.23. The summed E-state index contributed by atoms with van der Waals surface area (Å²) in [6.07, 6.45) is 1.37. The smallest absolute Gasteiger partial charge is 0.267 e. The maximum Gasteiger partial charge on any atom is 0.267 e. The number of nitrogens with zero attached hydrogens (tertiary/aromatic N) is 1. The van der Waals surface area contributed by atoms with Crippen LogP contribution in [0.1, 0.15) is 11.1 Å². The number of anilines is 2. The Hall–Kier alpha value is -2.48. The van der Waals surface area contributed by atoms with Crippen molar-refractivity contribution < 1.29 is 4.79 Å². The summed E-state index contributed by atoms with van der Waals surface area (Å²) in [5, 5.41) is 16.0. The Morgan fingerprint density at radius 2 is 1.92 bits per heavy atom. The van der Waals surface area contributed by atoms with Crippen molar-refractivity contribution in [3.05, 3.63) is 69.3 Å². The third-order valence-electron chi connectivity index (χ3n) is 3.44. The maximum absolute atomic E-state index is 12.3. The Balaban J connectivity index is 2.17. The van der Waals surface area contributed by atoms with Crippen molar-refractivity contribution in [2.75, 3.05) is 10.6 Å². The van der Waals surface area contributed by atoms with Crippen LogP contribution in [0.2, 0.25) is 10.0 Å². The Bertz CT molecular complexity index is 854.